The lowest BCUT2D eigenvalue weighted by Gasteiger charge is -2.33. The van der Waals surface area contributed by atoms with Crippen LogP contribution in [0.2, 0.25) is 0 Å². The third kappa shape index (κ3) is 2.47. The van der Waals surface area contributed by atoms with Gasteiger partial charge in [-0.15, -0.1) is 12.6 Å². The monoisotopic (exact) mass is 278 g/mol. The predicted molar refractivity (Wildman–Crippen MR) is 76.6 cm³/mol. The van der Waals surface area contributed by atoms with Crippen LogP contribution in [0, 0.1) is 0 Å². The number of carbonyl (C=O) groups is 1. The highest BCUT2D eigenvalue weighted by Gasteiger charge is 2.33. The summed E-state index contributed by atoms with van der Waals surface area (Å²) in [4.78, 5) is 16.2. The smallest absolute Gasteiger partial charge is 0.356 e. The highest BCUT2D eigenvalue weighted by Crippen LogP contribution is 2.34. The van der Waals surface area contributed by atoms with Crippen LogP contribution in [0.4, 0.5) is 0 Å². The Morgan fingerprint density at radius 3 is 2.89 bits per heavy atom. The van der Waals surface area contributed by atoms with E-state index < -0.39 is 0 Å². The molecule has 1 aromatic heterocycles. The van der Waals surface area contributed by atoms with E-state index in [1.54, 1.807) is 6.92 Å². The van der Waals surface area contributed by atoms with E-state index in [0.717, 1.165) is 12.8 Å². The number of imidazole rings is 1. The van der Waals surface area contributed by atoms with E-state index in [0.29, 0.717) is 17.5 Å². The number of rotatable bonds is 4. The van der Waals surface area contributed by atoms with Crippen molar-refractivity contribution in [2.24, 2.45) is 0 Å². The van der Waals surface area contributed by atoms with Gasteiger partial charge in [-0.1, -0.05) is 31.2 Å². The topological polar surface area (TPSA) is 44.1 Å². The van der Waals surface area contributed by atoms with Crippen molar-refractivity contribution in [3.8, 4) is 0 Å². The van der Waals surface area contributed by atoms with Gasteiger partial charge in [-0.05, 0) is 19.8 Å². The SMILES string of the molecule is CCOC(=O)c1cnc(S)n1[C@@]1(CC)C=CC=CC1. The molecule has 0 saturated heterocycles. The molecule has 0 spiro atoms. The van der Waals surface area contributed by atoms with Crippen molar-refractivity contribution in [3.05, 3.63) is 36.2 Å². The van der Waals surface area contributed by atoms with Crippen LogP contribution in [0.1, 0.15) is 37.2 Å². The van der Waals surface area contributed by atoms with Crippen LogP contribution < -0.4 is 0 Å². The van der Waals surface area contributed by atoms with Gasteiger partial charge in [0.25, 0.3) is 0 Å². The molecular weight excluding hydrogens is 260 g/mol. The second-order valence-corrected chi connectivity index (χ2v) is 4.85. The van der Waals surface area contributed by atoms with Crippen molar-refractivity contribution in [1.82, 2.24) is 9.55 Å². The fraction of sp³-hybridized carbons (Fsp3) is 0.429. The van der Waals surface area contributed by atoms with Gasteiger partial charge >= 0.3 is 5.97 Å². The van der Waals surface area contributed by atoms with Crippen LogP contribution in [0.5, 0.6) is 0 Å². The minimum absolute atomic E-state index is 0.287. The number of hydrogen-bond donors (Lipinski definition) is 1. The second-order valence-electron chi connectivity index (χ2n) is 4.45. The zero-order valence-electron chi connectivity index (χ0n) is 11.2. The molecule has 0 saturated carbocycles. The standard InChI is InChI=1S/C14H18N2O2S/c1-3-14(8-6-5-7-9-14)16-11(10-15-13(16)19)12(17)18-4-2/h5-8,10H,3-4,9H2,1-2H3,(H,15,19)/t14-/m0/s1. The zero-order valence-corrected chi connectivity index (χ0v) is 12.1. The third-order valence-corrected chi connectivity index (χ3v) is 3.73. The molecule has 2 rings (SSSR count). The summed E-state index contributed by atoms with van der Waals surface area (Å²) in [5.41, 5.74) is 0.165. The number of allylic oxidation sites excluding steroid dienone is 4. The van der Waals surface area contributed by atoms with Gasteiger partial charge in [0.15, 0.2) is 5.16 Å². The number of ether oxygens (including phenoxy) is 1. The zero-order chi connectivity index (χ0) is 13.9. The first-order valence-corrected chi connectivity index (χ1v) is 6.88. The summed E-state index contributed by atoms with van der Waals surface area (Å²) in [5, 5.41) is 0.532. The largest absolute Gasteiger partial charge is 0.461 e. The summed E-state index contributed by atoms with van der Waals surface area (Å²) in [7, 11) is 0. The molecule has 4 nitrogen and oxygen atoms in total. The summed E-state index contributed by atoms with van der Waals surface area (Å²) in [6.07, 6.45) is 11.4. The lowest BCUT2D eigenvalue weighted by atomic mass is 9.88. The Labute approximate surface area is 118 Å². The molecule has 0 bridgehead atoms. The van der Waals surface area contributed by atoms with E-state index in [9.17, 15) is 4.79 Å². The maximum Gasteiger partial charge on any atom is 0.356 e. The molecule has 102 valence electrons. The van der Waals surface area contributed by atoms with E-state index in [1.165, 1.54) is 6.20 Å². The summed E-state index contributed by atoms with van der Waals surface area (Å²) < 4.78 is 6.96. The van der Waals surface area contributed by atoms with E-state index >= 15 is 0 Å². The Bertz CT molecular complexity index is 534. The van der Waals surface area contributed by atoms with Crippen molar-refractivity contribution in [3.63, 3.8) is 0 Å². The van der Waals surface area contributed by atoms with Crippen molar-refractivity contribution in [1.29, 1.82) is 0 Å². The van der Waals surface area contributed by atoms with Crippen molar-refractivity contribution in [2.45, 2.75) is 37.4 Å². The lowest BCUT2D eigenvalue weighted by molar-refractivity contribution is 0.0504. The van der Waals surface area contributed by atoms with Gasteiger partial charge in [0.1, 0.15) is 5.69 Å². The Kier molecular flexibility index (Phi) is 4.14. The molecule has 0 fully saturated rings. The molecule has 1 aliphatic carbocycles. The number of carbonyl (C=O) groups excluding carboxylic acids is 1. The van der Waals surface area contributed by atoms with E-state index in [-0.39, 0.29) is 11.5 Å². The quantitative estimate of drug-likeness (QED) is 0.680. The minimum atomic E-state index is -0.355. The third-order valence-electron chi connectivity index (χ3n) is 3.41. The van der Waals surface area contributed by atoms with Crippen LogP contribution >= 0.6 is 12.6 Å². The molecule has 1 atom stereocenters. The summed E-state index contributed by atoms with van der Waals surface area (Å²) in [5.74, 6) is -0.355. The van der Waals surface area contributed by atoms with Gasteiger partial charge < -0.3 is 9.30 Å². The minimum Gasteiger partial charge on any atom is -0.461 e. The Hall–Kier alpha value is -1.49. The Morgan fingerprint density at radius 1 is 1.53 bits per heavy atom. The molecule has 1 aliphatic rings. The molecule has 0 amide bonds. The number of esters is 1. The van der Waals surface area contributed by atoms with Crippen molar-refractivity contribution in [2.75, 3.05) is 6.61 Å². The summed E-state index contributed by atoms with van der Waals surface area (Å²) >= 11 is 4.39. The fourth-order valence-electron chi connectivity index (χ4n) is 2.37. The average Bonchev–Trinajstić information content (AvgIpc) is 2.82. The van der Waals surface area contributed by atoms with Gasteiger partial charge in [-0.3, -0.25) is 0 Å². The second kappa shape index (κ2) is 5.65. The van der Waals surface area contributed by atoms with Crippen molar-refractivity contribution < 1.29 is 9.53 Å². The highest BCUT2D eigenvalue weighted by molar-refractivity contribution is 7.80. The molecule has 0 unspecified atom stereocenters. The number of hydrogen-bond acceptors (Lipinski definition) is 4. The molecule has 0 radical (unpaired) electrons. The molecule has 1 aromatic rings. The highest BCUT2D eigenvalue weighted by atomic mass is 32.1. The van der Waals surface area contributed by atoms with Gasteiger partial charge in [0.05, 0.1) is 18.3 Å². The maximum atomic E-state index is 12.0. The molecule has 0 aliphatic heterocycles. The van der Waals surface area contributed by atoms with Crippen LogP contribution in [-0.4, -0.2) is 22.1 Å². The molecule has 1 heterocycles. The lowest BCUT2D eigenvalue weighted by Crippen LogP contribution is -2.34. The molecule has 19 heavy (non-hydrogen) atoms. The van der Waals surface area contributed by atoms with Crippen molar-refractivity contribution >= 4 is 18.6 Å². The normalized spacial score (nSPS) is 21.6. The van der Waals surface area contributed by atoms with E-state index in [4.69, 9.17) is 4.74 Å². The van der Waals surface area contributed by atoms with Gasteiger partial charge in [-0.25, -0.2) is 9.78 Å². The van der Waals surface area contributed by atoms with Gasteiger partial charge in [0.2, 0.25) is 0 Å². The molecule has 0 aromatic carbocycles. The predicted octanol–water partition coefficient (Wildman–Crippen LogP) is 2.97. The maximum absolute atomic E-state index is 12.0. The average molecular weight is 278 g/mol. The fourth-order valence-corrected chi connectivity index (χ4v) is 2.73. The number of aromatic nitrogens is 2. The van der Waals surface area contributed by atoms with E-state index in [2.05, 4.69) is 36.7 Å². The van der Waals surface area contributed by atoms with Crippen LogP contribution in [-0.2, 0) is 10.3 Å². The Morgan fingerprint density at radius 2 is 2.32 bits per heavy atom. The first kappa shape index (κ1) is 13.9. The first-order chi connectivity index (χ1) is 9.14. The molecule has 0 N–H and O–H groups in total. The van der Waals surface area contributed by atoms with Crippen LogP contribution in [0.15, 0.2) is 35.7 Å². The molecule has 5 heteroatoms. The van der Waals surface area contributed by atoms with Crippen LogP contribution in [0.25, 0.3) is 0 Å². The number of nitrogens with zero attached hydrogens (tertiary/aromatic N) is 2. The Balaban J connectivity index is 2.49. The number of thiol groups is 1. The first-order valence-electron chi connectivity index (χ1n) is 6.43. The molecular formula is C14H18N2O2S. The summed E-state index contributed by atoms with van der Waals surface area (Å²) in [6, 6.07) is 0. The van der Waals surface area contributed by atoms with Crippen LogP contribution in [0.3, 0.4) is 0 Å². The summed E-state index contributed by atoms with van der Waals surface area (Å²) in [6.45, 7) is 4.23. The van der Waals surface area contributed by atoms with Gasteiger partial charge in [0, 0.05) is 0 Å². The van der Waals surface area contributed by atoms with Gasteiger partial charge in [-0.2, -0.15) is 0 Å². The van der Waals surface area contributed by atoms with E-state index in [1.807, 2.05) is 16.7 Å².